The number of nitrogens with zero attached hydrogens (tertiary/aromatic N) is 4. The number of hydrogen-bond donors (Lipinski definition) is 1. The van der Waals surface area contributed by atoms with Gasteiger partial charge in [0.1, 0.15) is 10.6 Å². The summed E-state index contributed by atoms with van der Waals surface area (Å²) in [6, 6.07) is 18.5. The van der Waals surface area contributed by atoms with E-state index in [4.69, 9.17) is 4.74 Å². The quantitative estimate of drug-likeness (QED) is 0.101. The van der Waals surface area contributed by atoms with Gasteiger partial charge in [-0.1, -0.05) is 24.3 Å². The molecule has 0 radical (unpaired) electrons. The van der Waals surface area contributed by atoms with Gasteiger partial charge in [0.25, 0.3) is 0 Å². The van der Waals surface area contributed by atoms with Crippen LogP contribution in [0.15, 0.2) is 76.1 Å². The van der Waals surface area contributed by atoms with E-state index < -0.39 is 61.8 Å². The maximum absolute atomic E-state index is 15.4. The summed E-state index contributed by atoms with van der Waals surface area (Å²) in [4.78, 5) is 29.0. The maximum Gasteiger partial charge on any atom is 0.335 e. The molecule has 4 aromatic rings. The minimum atomic E-state index is -5.14. The third-order valence-electron chi connectivity index (χ3n) is 9.43. The fourth-order valence-electron chi connectivity index (χ4n) is 6.57. The lowest BCUT2D eigenvalue weighted by atomic mass is 10.0. The molecule has 54 heavy (non-hydrogen) atoms. The number of amides is 1. The molecule has 10 nitrogen and oxygen atoms in total. The Hall–Kier alpha value is -4.91. The summed E-state index contributed by atoms with van der Waals surface area (Å²) >= 11 is 2.86. The first-order chi connectivity index (χ1) is 25.8. The molecular weight excluding hydrogens is 789 g/mol. The summed E-state index contributed by atoms with van der Waals surface area (Å²) in [6.07, 6.45) is 4.11. The molecule has 0 aromatic heterocycles. The Labute approximate surface area is 319 Å². The topological polar surface area (TPSA) is 131 Å². The van der Waals surface area contributed by atoms with Crippen molar-refractivity contribution in [1.29, 1.82) is 5.26 Å². The number of halogens is 4. The second-order valence-corrected chi connectivity index (χ2v) is 15.9. The number of carboxylic acids is 1. The first kappa shape index (κ1) is 38.8. The van der Waals surface area contributed by atoms with Crippen molar-refractivity contribution in [2.45, 2.75) is 56.5 Å². The Bertz CT molecular complexity index is 2260. The van der Waals surface area contributed by atoms with Gasteiger partial charge in [-0.25, -0.2) is 26.4 Å². The highest BCUT2D eigenvalue weighted by molar-refractivity contribution is 9.10. The van der Waals surface area contributed by atoms with E-state index in [9.17, 15) is 37.2 Å². The van der Waals surface area contributed by atoms with E-state index in [1.807, 2.05) is 18.2 Å². The number of ether oxygens (including phenoxy) is 1. The van der Waals surface area contributed by atoms with Crippen LogP contribution in [0.1, 0.15) is 71.1 Å². The van der Waals surface area contributed by atoms with Crippen LogP contribution in [0.4, 0.5) is 24.5 Å². The third kappa shape index (κ3) is 8.25. The number of aromatic carboxylic acids is 1. The summed E-state index contributed by atoms with van der Waals surface area (Å²) in [6.45, 7) is 1.84. The van der Waals surface area contributed by atoms with Gasteiger partial charge in [-0.2, -0.15) is 9.57 Å². The number of carbonyl (C=O) groups is 2. The third-order valence-corrected chi connectivity index (χ3v) is 12.2. The molecule has 282 valence electrons. The lowest BCUT2D eigenvalue weighted by Crippen LogP contribution is -2.43. The molecule has 0 bridgehead atoms. The first-order valence-corrected chi connectivity index (χ1v) is 19.6. The summed E-state index contributed by atoms with van der Waals surface area (Å²) in [5.41, 5.74) is 3.07. The van der Waals surface area contributed by atoms with Crippen molar-refractivity contribution >= 4 is 49.2 Å². The van der Waals surface area contributed by atoms with Gasteiger partial charge < -0.3 is 19.6 Å². The Morgan fingerprint density at radius 1 is 1.00 bits per heavy atom. The van der Waals surface area contributed by atoms with Crippen molar-refractivity contribution in [2.24, 2.45) is 0 Å². The van der Waals surface area contributed by atoms with Crippen LogP contribution in [0.5, 0.6) is 5.75 Å². The predicted molar refractivity (Wildman–Crippen MR) is 198 cm³/mol. The van der Waals surface area contributed by atoms with Gasteiger partial charge in [0.15, 0.2) is 17.5 Å². The molecule has 1 saturated carbocycles. The molecule has 1 amide bonds. The number of carboxylic acid groups (broad SMARTS) is 1. The Morgan fingerprint density at radius 2 is 1.72 bits per heavy atom. The zero-order chi connectivity index (χ0) is 38.7. The van der Waals surface area contributed by atoms with E-state index in [2.05, 4.69) is 26.9 Å². The smallest absolute Gasteiger partial charge is 0.335 e. The van der Waals surface area contributed by atoms with Gasteiger partial charge in [-0.05, 0) is 114 Å². The van der Waals surface area contributed by atoms with E-state index in [0.29, 0.717) is 16.3 Å². The van der Waals surface area contributed by atoms with Gasteiger partial charge in [0, 0.05) is 29.8 Å². The number of nitriles is 1. The van der Waals surface area contributed by atoms with Gasteiger partial charge in [-0.15, -0.1) is 0 Å². The standard InChI is InChI=1S/C39H36BrF3N4O6S/c1-2-53-34-18-26(39(49)50)11-12-33(34)47(21-24-15-29(25-9-10-25)17-30(16-24)45-13-5-6-14-45)35(48)23-46(22-28-8-4-3-7-27(28)20-44)54(51,52)38-31(40)19-32(41)36(42)37(38)43/h3-4,7-8,11-12,15-19,25H,2,5-6,9-10,13-14,21-23H2,1H3,(H,49,50). The number of carbonyl (C=O) groups excluding carboxylic acids is 1. The van der Waals surface area contributed by atoms with Gasteiger partial charge >= 0.3 is 5.97 Å². The van der Waals surface area contributed by atoms with Crippen LogP contribution in [-0.4, -0.2) is 55.9 Å². The summed E-state index contributed by atoms with van der Waals surface area (Å²) in [7, 11) is -5.14. The second-order valence-electron chi connectivity index (χ2n) is 13.1. The molecule has 1 aliphatic heterocycles. The van der Waals surface area contributed by atoms with E-state index in [1.165, 1.54) is 35.2 Å². The number of anilines is 2. The maximum atomic E-state index is 15.4. The molecule has 2 fully saturated rings. The molecule has 2 aliphatic rings. The summed E-state index contributed by atoms with van der Waals surface area (Å²) in [5.74, 6) is -7.31. The van der Waals surface area contributed by atoms with Crippen molar-refractivity contribution in [3.05, 3.63) is 116 Å². The van der Waals surface area contributed by atoms with Crippen LogP contribution in [0.25, 0.3) is 0 Å². The Kier molecular flexibility index (Phi) is 11.7. The lowest BCUT2D eigenvalue weighted by Gasteiger charge is -2.30. The molecule has 15 heteroatoms. The molecule has 1 aliphatic carbocycles. The fraction of sp³-hybridized carbons (Fsp3) is 0.308. The number of rotatable bonds is 14. The van der Waals surface area contributed by atoms with Crippen LogP contribution >= 0.6 is 15.9 Å². The molecule has 1 heterocycles. The number of benzene rings is 4. The number of sulfonamides is 1. The zero-order valence-electron chi connectivity index (χ0n) is 29.2. The van der Waals surface area contributed by atoms with Gasteiger partial charge in [0.05, 0.1) is 42.6 Å². The Balaban J connectivity index is 1.48. The average Bonchev–Trinajstić information content (AvgIpc) is 3.85. The molecular formula is C39H36BrF3N4O6S. The average molecular weight is 826 g/mol. The largest absolute Gasteiger partial charge is 0.492 e. The van der Waals surface area contributed by atoms with Gasteiger partial charge in [0.2, 0.25) is 15.9 Å². The lowest BCUT2D eigenvalue weighted by molar-refractivity contribution is -0.119. The Morgan fingerprint density at radius 3 is 2.39 bits per heavy atom. The van der Waals surface area contributed by atoms with Crippen molar-refractivity contribution in [2.75, 3.05) is 36.0 Å². The summed E-state index contributed by atoms with van der Waals surface area (Å²) in [5, 5.41) is 19.5. The molecule has 0 unspecified atom stereocenters. The van der Waals surface area contributed by atoms with Crippen molar-refractivity contribution in [3.8, 4) is 11.8 Å². The van der Waals surface area contributed by atoms with Crippen LogP contribution in [0.2, 0.25) is 0 Å². The van der Waals surface area contributed by atoms with Crippen LogP contribution in [-0.2, 0) is 27.9 Å². The zero-order valence-corrected chi connectivity index (χ0v) is 31.6. The highest BCUT2D eigenvalue weighted by Gasteiger charge is 2.36. The minimum absolute atomic E-state index is 0.0440. The normalized spacial score (nSPS) is 14.3. The second kappa shape index (κ2) is 16.2. The summed E-state index contributed by atoms with van der Waals surface area (Å²) < 4.78 is 78.5. The van der Waals surface area contributed by atoms with Crippen molar-refractivity contribution < 1.29 is 41.0 Å². The molecule has 0 atom stereocenters. The monoisotopic (exact) mass is 824 g/mol. The van der Waals surface area contributed by atoms with Crippen LogP contribution in [0.3, 0.4) is 0 Å². The molecule has 4 aromatic carbocycles. The number of hydrogen-bond acceptors (Lipinski definition) is 7. The van der Waals surface area contributed by atoms with Crippen LogP contribution < -0.4 is 14.5 Å². The predicted octanol–water partition coefficient (Wildman–Crippen LogP) is 7.74. The van der Waals surface area contributed by atoms with Crippen molar-refractivity contribution in [1.82, 2.24) is 4.31 Å². The molecule has 6 rings (SSSR count). The SMILES string of the molecule is CCOc1cc(C(=O)O)ccc1N(Cc1cc(C2CC2)cc(N2CCCC2)c1)C(=O)CN(Cc1ccccc1C#N)S(=O)(=O)c1c(Br)cc(F)c(F)c1F. The molecule has 1 N–H and O–H groups in total. The minimum Gasteiger partial charge on any atom is -0.492 e. The first-order valence-electron chi connectivity index (χ1n) is 17.3. The van der Waals surface area contributed by atoms with E-state index >= 15 is 4.39 Å². The van der Waals surface area contributed by atoms with Crippen LogP contribution in [0, 0.1) is 28.8 Å². The van der Waals surface area contributed by atoms with E-state index in [1.54, 1.807) is 19.1 Å². The molecule has 0 spiro atoms. The van der Waals surface area contributed by atoms with Crippen molar-refractivity contribution in [3.63, 3.8) is 0 Å². The van der Waals surface area contributed by atoms with E-state index in [-0.39, 0.29) is 41.3 Å². The van der Waals surface area contributed by atoms with E-state index in [0.717, 1.165) is 55.6 Å². The fourth-order valence-corrected chi connectivity index (χ4v) is 9.03. The highest BCUT2D eigenvalue weighted by atomic mass is 79.9. The molecule has 1 saturated heterocycles. The van der Waals surface area contributed by atoms with Gasteiger partial charge in [-0.3, -0.25) is 4.79 Å². The highest BCUT2D eigenvalue weighted by Crippen LogP contribution is 2.43.